The van der Waals surface area contributed by atoms with Crippen molar-refractivity contribution in [2.24, 2.45) is 0 Å². The first kappa shape index (κ1) is 20.1. The van der Waals surface area contributed by atoms with Gasteiger partial charge in [0.1, 0.15) is 17.0 Å². The van der Waals surface area contributed by atoms with Gasteiger partial charge in [0, 0.05) is 42.5 Å². The largest absolute Gasteiger partial charge is 0.377 e. The van der Waals surface area contributed by atoms with Crippen molar-refractivity contribution < 1.29 is 9.53 Å². The summed E-state index contributed by atoms with van der Waals surface area (Å²) in [5.41, 5.74) is 4.99. The SMILES string of the molecule is CC(=O)Nc1ccccc1-c1cc(N2CCOC[C@H]2C)nc2c(-c3ccn[nH]3)nccc12. The fourth-order valence-electron chi connectivity index (χ4n) is 4.18. The summed E-state index contributed by atoms with van der Waals surface area (Å²) in [6, 6.07) is 14.0. The fourth-order valence-corrected chi connectivity index (χ4v) is 4.18. The third-order valence-electron chi connectivity index (χ3n) is 5.66. The molecule has 5 rings (SSSR count). The molecule has 0 radical (unpaired) electrons. The number of nitrogens with one attached hydrogen (secondary N) is 2. The number of pyridine rings is 2. The van der Waals surface area contributed by atoms with Crippen LogP contribution in [0.15, 0.2) is 54.9 Å². The highest BCUT2D eigenvalue weighted by atomic mass is 16.5. The van der Waals surface area contributed by atoms with Gasteiger partial charge in [-0.1, -0.05) is 18.2 Å². The molecule has 4 aromatic rings. The number of H-pyrrole nitrogens is 1. The summed E-state index contributed by atoms with van der Waals surface area (Å²) in [6.45, 7) is 5.71. The van der Waals surface area contributed by atoms with Crippen LogP contribution in [0.1, 0.15) is 13.8 Å². The third kappa shape index (κ3) is 3.69. The first-order valence-electron chi connectivity index (χ1n) is 10.6. The number of benzene rings is 1. The zero-order valence-corrected chi connectivity index (χ0v) is 18.0. The van der Waals surface area contributed by atoms with Crippen molar-refractivity contribution in [3.05, 3.63) is 54.9 Å². The number of carbonyl (C=O) groups is 1. The number of hydrogen-bond donors (Lipinski definition) is 2. The van der Waals surface area contributed by atoms with E-state index < -0.39 is 0 Å². The van der Waals surface area contributed by atoms with Crippen molar-refractivity contribution in [3.63, 3.8) is 0 Å². The number of para-hydroxylation sites is 1. The molecule has 8 heteroatoms. The second kappa shape index (κ2) is 8.39. The van der Waals surface area contributed by atoms with E-state index in [1.807, 2.05) is 36.4 Å². The first-order chi connectivity index (χ1) is 15.6. The summed E-state index contributed by atoms with van der Waals surface area (Å²) in [4.78, 5) is 23.8. The van der Waals surface area contributed by atoms with Crippen LogP contribution in [0.2, 0.25) is 0 Å². The number of carbonyl (C=O) groups excluding carboxylic acids is 1. The summed E-state index contributed by atoms with van der Waals surface area (Å²) >= 11 is 0. The predicted molar refractivity (Wildman–Crippen MR) is 124 cm³/mol. The van der Waals surface area contributed by atoms with Gasteiger partial charge in [-0.3, -0.25) is 14.9 Å². The number of nitrogens with zero attached hydrogens (tertiary/aromatic N) is 4. The van der Waals surface area contributed by atoms with Crippen molar-refractivity contribution in [1.82, 2.24) is 20.2 Å². The molecule has 8 nitrogen and oxygen atoms in total. The minimum absolute atomic E-state index is 0.113. The summed E-state index contributed by atoms with van der Waals surface area (Å²) in [7, 11) is 0. The molecule has 0 spiro atoms. The van der Waals surface area contributed by atoms with E-state index in [-0.39, 0.29) is 11.9 Å². The van der Waals surface area contributed by atoms with Gasteiger partial charge in [0.05, 0.1) is 24.9 Å². The lowest BCUT2D eigenvalue weighted by Gasteiger charge is -2.34. The average Bonchev–Trinajstić information content (AvgIpc) is 3.33. The lowest BCUT2D eigenvalue weighted by atomic mass is 9.98. The second-order valence-corrected chi connectivity index (χ2v) is 7.90. The normalized spacial score (nSPS) is 16.3. The van der Waals surface area contributed by atoms with Crippen LogP contribution < -0.4 is 10.2 Å². The van der Waals surface area contributed by atoms with E-state index >= 15 is 0 Å². The zero-order chi connectivity index (χ0) is 22.1. The maximum Gasteiger partial charge on any atom is 0.221 e. The van der Waals surface area contributed by atoms with Crippen LogP contribution in [0, 0.1) is 0 Å². The Hall–Kier alpha value is -3.78. The zero-order valence-electron chi connectivity index (χ0n) is 18.0. The van der Waals surface area contributed by atoms with Crippen LogP contribution in [-0.2, 0) is 9.53 Å². The van der Waals surface area contributed by atoms with E-state index in [1.165, 1.54) is 6.92 Å². The van der Waals surface area contributed by atoms with E-state index in [4.69, 9.17) is 9.72 Å². The van der Waals surface area contributed by atoms with Gasteiger partial charge in [-0.15, -0.1) is 0 Å². The Kier molecular flexibility index (Phi) is 5.28. The Morgan fingerprint density at radius 1 is 1.19 bits per heavy atom. The molecule has 0 aliphatic carbocycles. The molecule has 1 amide bonds. The van der Waals surface area contributed by atoms with Crippen molar-refractivity contribution >= 4 is 28.3 Å². The maximum absolute atomic E-state index is 11.9. The van der Waals surface area contributed by atoms with Crippen molar-refractivity contribution in [1.29, 1.82) is 0 Å². The molecule has 1 aromatic carbocycles. The van der Waals surface area contributed by atoms with E-state index in [0.717, 1.165) is 51.5 Å². The lowest BCUT2D eigenvalue weighted by molar-refractivity contribution is -0.114. The molecular formula is C24H24N6O2. The van der Waals surface area contributed by atoms with Gasteiger partial charge in [-0.2, -0.15) is 5.10 Å². The monoisotopic (exact) mass is 428 g/mol. The molecule has 162 valence electrons. The Balaban J connectivity index is 1.79. The quantitative estimate of drug-likeness (QED) is 0.512. The van der Waals surface area contributed by atoms with Crippen LogP contribution in [0.5, 0.6) is 0 Å². The standard InChI is InChI=1S/C24H24N6O2/c1-15-14-32-12-11-30(15)22-13-19(17-5-3-4-6-20(17)27-16(2)31)18-7-9-25-24(23(18)28-22)21-8-10-26-29-21/h3-10,13,15H,11-12,14H2,1-2H3,(H,26,29)(H,27,31)/t15-/m1/s1. The molecule has 1 aliphatic heterocycles. The van der Waals surface area contributed by atoms with Crippen LogP contribution >= 0.6 is 0 Å². The average molecular weight is 428 g/mol. The maximum atomic E-state index is 11.9. The molecule has 1 saturated heterocycles. The molecule has 1 atom stereocenters. The second-order valence-electron chi connectivity index (χ2n) is 7.90. The van der Waals surface area contributed by atoms with Crippen molar-refractivity contribution in [2.45, 2.75) is 19.9 Å². The number of aromatic amines is 1. The number of aromatic nitrogens is 4. The van der Waals surface area contributed by atoms with Crippen LogP contribution in [0.3, 0.4) is 0 Å². The Bertz CT molecular complexity index is 1270. The molecular weight excluding hydrogens is 404 g/mol. The van der Waals surface area contributed by atoms with Gasteiger partial charge in [0.25, 0.3) is 0 Å². The van der Waals surface area contributed by atoms with Gasteiger partial charge >= 0.3 is 0 Å². The predicted octanol–water partition coefficient (Wildman–Crippen LogP) is 3.87. The van der Waals surface area contributed by atoms with Gasteiger partial charge < -0.3 is 15.0 Å². The van der Waals surface area contributed by atoms with E-state index in [1.54, 1.807) is 12.4 Å². The molecule has 1 aliphatic rings. The number of ether oxygens (including phenoxy) is 1. The van der Waals surface area contributed by atoms with Gasteiger partial charge in [-0.05, 0) is 36.8 Å². The molecule has 2 N–H and O–H groups in total. The number of rotatable bonds is 4. The number of fused-ring (bicyclic) bond motifs is 1. The molecule has 0 unspecified atom stereocenters. The number of amides is 1. The van der Waals surface area contributed by atoms with Crippen molar-refractivity contribution in [3.8, 4) is 22.5 Å². The van der Waals surface area contributed by atoms with Crippen LogP contribution in [-0.4, -0.2) is 51.9 Å². The highest BCUT2D eigenvalue weighted by Crippen LogP contribution is 2.38. The van der Waals surface area contributed by atoms with Gasteiger partial charge in [0.15, 0.2) is 0 Å². The van der Waals surface area contributed by atoms with Crippen LogP contribution in [0.25, 0.3) is 33.4 Å². The number of morpholine rings is 1. The molecule has 3 aromatic heterocycles. The van der Waals surface area contributed by atoms with E-state index in [0.29, 0.717) is 13.2 Å². The Labute approximate surface area is 185 Å². The minimum atomic E-state index is -0.113. The fraction of sp³-hybridized carbons (Fsp3) is 0.250. The lowest BCUT2D eigenvalue weighted by Crippen LogP contribution is -2.44. The van der Waals surface area contributed by atoms with Gasteiger partial charge in [0.2, 0.25) is 5.91 Å². The number of anilines is 2. The van der Waals surface area contributed by atoms with Crippen molar-refractivity contribution in [2.75, 3.05) is 30.0 Å². The minimum Gasteiger partial charge on any atom is -0.377 e. The summed E-state index contributed by atoms with van der Waals surface area (Å²) < 4.78 is 5.64. The topological polar surface area (TPSA) is 96.0 Å². The highest BCUT2D eigenvalue weighted by Gasteiger charge is 2.23. The molecule has 0 bridgehead atoms. The third-order valence-corrected chi connectivity index (χ3v) is 5.66. The smallest absolute Gasteiger partial charge is 0.221 e. The van der Waals surface area contributed by atoms with E-state index in [2.05, 4.69) is 38.4 Å². The number of hydrogen-bond acceptors (Lipinski definition) is 6. The van der Waals surface area contributed by atoms with Gasteiger partial charge in [-0.25, -0.2) is 4.98 Å². The molecule has 1 fully saturated rings. The van der Waals surface area contributed by atoms with E-state index in [9.17, 15) is 4.79 Å². The highest BCUT2D eigenvalue weighted by molar-refractivity contribution is 6.05. The Morgan fingerprint density at radius 2 is 2.06 bits per heavy atom. The summed E-state index contributed by atoms with van der Waals surface area (Å²) in [5.74, 6) is 0.743. The van der Waals surface area contributed by atoms with Crippen LogP contribution in [0.4, 0.5) is 11.5 Å². The molecule has 0 saturated carbocycles. The Morgan fingerprint density at radius 3 is 2.84 bits per heavy atom. The molecule has 4 heterocycles. The molecule has 32 heavy (non-hydrogen) atoms. The summed E-state index contributed by atoms with van der Waals surface area (Å²) in [6.07, 6.45) is 3.48. The first-order valence-corrected chi connectivity index (χ1v) is 10.6. The summed E-state index contributed by atoms with van der Waals surface area (Å²) in [5, 5.41) is 11.0.